The lowest BCUT2D eigenvalue weighted by Crippen LogP contribution is -2.20. The van der Waals surface area contributed by atoms with Gasteiger partial charge in [-0.3, -0.25) is 0 Å². The van der Waals surface area contributed by atoms with Crippen molar-refractivity contribution in [1.29, 1.82) is 0 Å². The molecule has 6 heteroatoms. The molecule has 0 atom stereocenters. The van der Waals surface area contributed by atoms with Crippen LogP contribution in [0.4, 0.5) is 10.1 Å². The third-order valence-corrected chi connectivity index (χ3v) is 3.83. The summed E-state index contributed by atoms with van der Waals surface area (Å²) in [7, 11) is 0. The molecule has 0 bridgehead atoms. The Balaban J connectivity index is 1.93. The van der Waals surface area contributed by atoms with Crippen LogP contribution in [0.3, 0.4) is 0 Å². The average Bonchev–Trinajstić information content (AvgIpc) is 2.55. The fraction of sp³-hybridized carbons (Fsp3) is 0.188. The molecule has 0 spiro atoms. The highest BCUT2D eigenvalue weighted by Crippen LogP contribution is 2.36. The highest BCUT2D eigenvalue weighted by molar-refractivity contribution is 5.86. The second kappa shape index (κ2) is 4.91. The number of fused-ring (bicyclic) bond motifs is 2. The summed E-state index contributed by atoms with van der Waals surface area (Å²) in [4.78, 5) is 12.4. The van der Waals surface area contributed by atoms with Crippen LogP contribution >= 0.6 is 0 Å². The van der Waals surface area contributed by atoms with Crippen molar-refractivity contribution >= 4 is 16.6 Å². The highest BCUT2D eigenvalue weighted by Gasteiger charge is 2.19. The maximum Gasteiger partial charge on any atom is 0.237 e. The summed E-state index contributed by atoms with van der Waals surface area (Å²) in [6, 6.07) is 3.18. The van der Waals surface area contributed by atoms with Gasteiger partial charge in [0, 0.05) is 35.5 Å². The van der Waals surface area contributed by atoms with Gasteiger partial charge >= 0.3 is 0 Å². The third-order valence-electron chi connectivity index (χ3n) is 3.83. The number of ether oxygens (including phenoxy) is 1. The molecule has 110 valence electrons. The van der Waals surface area contributed by atoms with Gasteiger partial charge in [0.15, 0.2) is 0 Å². The van der Waals surface area contributed by atoms with Crippen LogP contribution in [-0.2, 0) is 0 Å². The number of hydrogen-bond acceptors (Lipinski definition) is 5. The van der Waals surface area contributed by atoms with Crippen molar-refractivity contribution in [2.75, 3.05) is 18.5 Å². The van der Waals surface area contributed by atoms with E-state index in [2.05, 4.69) is 20.3 Å². The molecule has 0 saturated heterocycles. The first kappa shape index (κ1) is 12.9. The molecule has 4 rings (SSSR count). The van der Waals surface area contributed by atoms with Gasteiger partial charge in [-0.2, -0.15) is 0 Å². The third kappa shape index (κ3) is 1.95. The zero-order chi connectivity index (χ0) is 15.1. The summed E-state index contributed by atoms with van der Waals surface area (Å²) in [5.74, 6) is 0.250. The van der Waals surface area contributed by atoms with Crippen molar-refractivity contribution < 1.29 is 9.13 Å². The van der Waals surface area contributed by atoms with Crippen molar-refractivity contribution in [3.63, 3.8) is 0 Å². The van der Waals surface area contributed by atoms with Gasteiger partial charge in [0.25, 0.3) is 0 Å². The van der Waals surface area contributed by atoms with Crippen LogP contribution in [0.5, 0.6) is 5.88 Å². The zero-order valence-corrected chi connectivity index (χ0v) is 11.9. The Bertz CT molecular complexity index is 881. The van der Waals surface area contributed by atoms with Crippen LogP contribution in [0.2, 0.25) is 0 Å². The van der Waals surface area contributed by atoms with Crippen molar-refractivity contribution in [2.24, 2.45) is 0 Å². The monoisotopic (exact) mass is 296 g/mol. The lowest BCUT2D eigenvalue weighted by molar-refractivity contribution is 0.310. The Morgan fingerprint density at radius 3 is 3.00 bits per heavy atom. The van der Waals surface area contributed by atoms with E-state index in [1.807, 2.05) is 6.92 Å². The Morgan fingerprint density at radius 2 is 2.09 bits per heavy atom. The van der Waals surface area contributed by atoms with Crippen molar-refractivity contribution in [1.82, 2.24) is 15.0 Å². The van der Waals surface area contributed by atoms with Crippen molar-refractivity contribution in [3.05, 3.63) is 42.2 Å². The number of nitrogens with one attached hydrogen (secondary N) is 1. The predicted octanol–water partition coefficient (Wildman–Crippen LogP) is 2.94. The number of benzene rings is 1. The quantitative estimate of drug-likeness (QED) is 0.748. The topological polar surface area (TPSA) is 59.9 Å². The number of anilines is 1. The number of rotatable bonds is 1. The number of aromatic nitrogens is 3. The van der Waals surface area contributed by atoms with Gasteiger partial charge in [0.2, 0.25) is 5.88 Å². The fourth-order valence-corrected chi connectivity index (χ4v) is 2.70. The molecule has 5 nitrogen and oxygen atoms in total. The summed E-state index contributed by atoms with van der Waals surface area (Å²) in [5, 5.41) is 3.94. The molecular formula is C16H13FN4O. The summed E-state index contributed by atoms with van der Waals surface area (Å²) in [5.41, 5.74) is 3.65. The summed E-state index contributed by atoms with van der Waals surface area (Å²) < 4.78 is 20.0. The first-order valence-electron chi connectivity index (χ1n) is 7.00. The first-order valence-corrected chi connectivity index (χ1v) is 7.00. The molecule has 1 N–H and O–H groups in total. The van der Waals surface area contributed by atoms with E-state index < -0.39 is 0 Å². The van der Waals surface area contributed by atoms with E-state index in [1.54, 1.807) is 18.5 Å². The van der Waals surface area contributed by atoms with E-state index in [-0.39, 0.29) is 5.82 Å². The molecule has 1 aliphatic rings. The Kier molecular flexibility index (Phi) is 2.89. The number of halogens is 1. The molecule has 0 amide bonds. The largest absolute Gasteiger partial charge is 0.474 e. The minimum Gasteiger partial charge on any atom is -0.474 e. The fourth-order valence-electron chi connectivity index (χ4n) is 2.70. The minimum atomic E-state index is -0.316. The second-order valence-corrected chi connectivity index (χ2v) is 5.17. The van der Waals surface area contributed by atoms with Gasteiger partial charge in [-0.05, 0) is 24.6 Å². The van der Waals surface area contributed by atoms with Crippen molar-refractivity contribution in [2.45, 2.75) is 6.92 Å². The molecule has 3 aromatic rings. The van der Waals surface area contributed by atoms with Crippen LogP contribution in [0.15, 0.2) is 30.9 Å². The van der Waals surface area contributed by atoms with Gasteiger partial charge < -0.3 is 10.1 Å². The molecule has 3 heterocycles. The van der Waals surface area contributed by atoms with Crippen LogP contribution in [-0.4, -0.2) is 28.1 Å². The van der Waals surface area contributed by atoms with E-state index in [0.717, 1.165) is 16.8 Å². The standard InChI is InChI=1S/C16H13FN4O/c1-9-12(7-20-16-15(9)19-2-3-22-16)11-5-14-10(4-13(11)17)6-18-8-21-14/h4-8,19H,2-3H2,1H3. The highest BCUT2D eigenvalue weighted by atomic mass is 19.1. The average molecular weight is 296 g/mol. The molecular weight excluding hydrogens is 283 g/mol. The van der Waals surface area contributed by atoms with Crippen LogP contribution in [0.1, 0.15) is 5.56 Å². The maximum absolute atomic E-state index is 14.5. The second-order valence-electron chi connectivity index (χ2n) is 5.17. The maximum atomic E-state index is 14.5. The van der Waals surface area contributed by atoms with Gasteiger partial charge in [0.05, 0.1) is 5.52 Å². The smallest absolute Gasteiger partial charge is 0.237 e. The van der Waals surface area contributed by atoms with Gasteiger partial charge in [-0.1, -0.05) is 0 Å². The van der Waals surface area contributed by atoms with E-state index in [4.69, 9.17) is 4.74 Å². The van der Waals surface area contributed by atoms with Crippen LogP contribution in [0.25, 0.3) is 22.0 Å². The van der Waals surface area contributed by atoms with E-state index in [1.165, 1.54) is 12.4 Å². The molecule has 0 saturated carbocycles. The molecule has 0 aliphatic carbocycles. The van der Waals surface area contributed by atoms with E-state index in [0.29, 0.717) is 35.5 Å². The SMILES string of the molecule is Cc1c(-c2cc3ncncc3cc2F)cnc2c1NCCO2. The molecule has 1 aromatic carbocycles. The van der Waals surface area contributed by atoms with Gasteiger partial charge in [-0.25, -0.2) is 19.3 Å². The van der Waals surface area contributed by atoms with E-state index in [9.17, 15) is 4.39 Å². The normalized spacial score (nSPS) is 13.4. The summed E-state index contributed by atoms with van der Waals surface area (Å²) >= 11 is 0. The number of pyridine rings is 1. The molecule has 0 fully saturated rings. The lowest BCUT2D eigenvalue weighted by atomic mass is 9.99. The lowest BCUT2D eigenvalue weighted by Gasteiger charge is -2.21. The van der Waals surface area contributed by atoms with Crippen molar-refractivity contribution in [3.8, 4) is 17.0 Å². The molecule has 0 radical (unpaired) electrons. The van der Waals surface area contributed by atoms with Gasteiger partial charge in [0.1, 0.15) is 24.4 Å². The van der Waals surface area contributed by atoms with Crippen LogP contribution < -0.4 is 10.1 Å². The Labute approximate surface area is 126 Å². The van der Waals surface area contributed by atoms with Gasteiger partial charge in [-0.15, -0.1) is 0 Å². The number of hydrogen-bond donors (Lipinski definition) is 1. The minimum absolute atomic E-state index is 0.316. The summed E-state index contributed by atoms with van der Waals surface area (Å²) in [6.07, 6.45) is 4.70. The Hall–Kier alpha value is -2.76. The first-order chi connectivity index (χ1) is 10.7. The predicted molar refractivity (Wildman–Crippen MR) is 81.4 cm³/mol. The molecule has 0 unspecified atom stereocenters. The number of nitrogens with zero attached hydrogens (tertiary/aromatic N) is 3. The van der Waals surface area contributed by atoms with E-state index >= 15 is 0 Å². The summed E-state index contributed by atoms with van der Waals surface area (Å²) in [6.45, 7) is 3.23. The molecule has 2 aromatic heterocycles. The zero-order valence-electron chi connectivity index (χ0n) is 11.9. The molecule has 1 aliphatic heterocycles. The molecule has 22 heavy (non-hydrogen) atoms. The Morgan fingerprint density at radius 1 is 1.18 bits per heavy atom. The van der Waals surface area contributed by atoms with Crippen LogP contribution in [0, 0.1) is 12.7 Å².